The predicted octanol–water partition coefficient (Wildman–Crippen LogP) is 2.98. The average Bonchev–Trinajstić information content (AvgIpc) is 3.03. The first-order chi connectivity index (χ1) is 11.6. The number of nitrogens with one attached hydrogen (secondary N) is 1. The zero-order chi connectivity index (χ0) is 17.5. The van der Waals surface area contributed by atoms with Crippen LogP contribution in [0.5, 0.6) is 11.5 Å². The molecule has 0 saturated heterocycles. The summed E-state index contributed by atoms with van der Waals surface area (Å²) < 4.78 is 16.9. The van der Waals surface area contributed by atoms with Crippen LogP contribution < -0.4 is 14.8 Å². The lowest BCUT2D eigenvalue weighted by atomic mass is 10.2. The first-order valence-electron chi connectivity index (χ1n) is 7.62. The van der Waals surface area contributed by atoms with Crippen molar-refractivity contribution in [3.05, 3.63) is 22.5 Å². The number of carbonyl (C=O) groups is 1. The van der Waals surface area contributed by atoms with E-state index in [1.807, 2.05) is 19.1 Å². The fourth-order valence-electron chi connectivity index (χ4n) is 2.16. The van der Waals surface area contributed by atoms with Gasteiger partial charge < -0.3 is 19.3 Å². The summed E-state index contributed by atoms with van der Waals surface area (Å²) in [5.41, 5.74) is 0.757. The molecule has 2 aromatic rings. The molecule has 1 N–H and O–H groups in total. The summed E-state index contributed by atoms with van der Waals surface area (Å²) in [6.07, 6.45) is 1.63. The third-order valence-electron chi connectivity index (χ3n) is 3.31. The molecule has 0 atom stereocenters. The molecular weight excluding hydrogens is 378 g/mol. The average molecular weight is 398 g/mol. The second kappa shape index (κ2) is 8.68. The van der Waals surface area contributed by atoms with E-state index in [9.17, 15) is 4.79 Å². The molecule has 1 heterocycles. The Hall–Kier alpha value is -2.09. The Kier molecular flexibility index (Phi) is 6.60. The minimum absolute atomic E-state index is 0.00446. The molecule has 0 aliphatic carbocycles. The fraction of sp³-hybridized carbons (Fsp3) is 0.438. The zero-order valence-corrected chi connectivity index (χ0v) is 15.5. The van der Waals surface area contributed by atoms with Crippen LogP contribution in [-0.4, -0.2) is 36.8 Å². The molecule has 130 valence electrons. The van der Waals surface area contributed by atoms with Gasteiger partial charge in [0.15, 0.2) is 11.5 Å². The highest BCUT2D eigenvalue weighted by atomic mass is 79.9. The van der Waals surface area contributed by atoms with E-state index >= 15 is 0 Å². The van der Waals surface area contributed by atoms with Gasteiger partial charge in [-0.05, 0) is 41.4 Å². The van der Waals surface area contributed by atoms with E-state index in [-0.39, 0.29) is 5.91 Å². The Morgan fingerprint density at radius 2 is 2.21 bits per heavy atom. The van der Waals surface area contributed by atoms with E-state index in [1.54, 1.807) is 14.2 Å². The van der Waals surface area contributed by atoms with Gasteiger partial charge in [-0.2, -0.15) is 4.98 Å². The molecule has 7 nitrogen and oxygen atoms in total. The van der Waals surface area contributed by atoms with E-state index < -0.39 is 0 Å². The van der Waals surface area contributed by atoms with Gasteiger partial charge in [0.1, 0.15) is 0 Å². The molecule has 2 rings (SSSR count). The van der Waals surface area contributed by atoms with Gasteiger partial charge in [-0.25, -0.2) is 0 Å². The lowest BCUT2D eigenvalue weighted by Gasteiger charge is -2.11. The summed E-state index contributed by atoms with van der Waals surface area (Å²) >= 11 is 3.46. The van der Waals surface area contributed by atoms with E-state index in [2.05, 4.69) is 31.4 Å². The Balaban J connectivity index is 2.15. The van der Waals surface area contributed by atoms with Crippen molar-refractivity contribution in [1.29, 1.82) is 0 Å². The second-order valence-corrected chi connectivity index (χ2v) is 5.82. The third-order valence-corrected chi connectivity index (χ3v) is 3.90. The SMILES string of the molecule is CCOc1cc(-c2noc(CCCC(=O)NC)n2)cc(Br)c1OC. The molecule has 0 bridgehead atoms. The van der Waals surface area contributed by atoms with Gasteiger partial charge in [-0.15, -0.1) is 0 Å². The maximum Gasteiger partial charge on any atom is 0.226 e. The minimum atomic E-state index is -0.00446. The number of ether oxygens (including phenoxy) is 2. The van der Waals surface area contributed by atoms with E-state index in [0.29, 0.717) is 49.1 Å². The molecule has 8 heteroatoms. The molecule has 0 aliphatic rings. The number of hydrogen-bond acceptors (Lipinski definition) is 6. The van der Waals surface area contributed by atoms with E-state index in [4.69, 9.17) is 14.0 Å². The Labute approximate surface area is 148 Å². The topological polar surface area (TPSA) is 86.5 Å². The molecule has 0 spiro atoms. The number of hydrogen-bond donors (Lipinski definition) is 1. The highest BCUT2D eigenvalue weighted by Gasteiger charge is 2.16. The van der Waals surface area contributed by atoms with E-state index in [0.717, 1.165) is 10.0 Å². The molecule has 24 heavy (non-hydrogen) atoms. The van der Waals surface area contributed by atoms with Crippen molar-refractivity contribution in [1.82, 2.24) is 15.5 Å². The molecule has 0 saturated carbocycles. The van der Waals surface area contributed by atoms with Gasteiger partial charge in [0, 0.05) is 25.5 Å². The summed E-state index contributed by atoms with van der Waals surface area (Å²) in [7, 11) is 3.20. The van der Waals surface area contributed by atoms with Crippen LogP contribution in [0.15, 0.2) is 21.1 Å². The van der Waals surface area contributed by atoms with Crippen LogP contribution in [0.2, 0.25) is 0 Å². The van der Waals surface area contributed by atoms with Gasteiger partial charge in [0.05, 0.1) is 18.2 Å². The van der Waals surface area contributed by atoms with Crippen molar-refractivity contribution >= 4 is 21.8 Å². The number of halogens is 1. The lowest BCUT2D eigenvalue weighted by Crippen LogP contribution is -2.17. The molecular formula is C16H20BrN3O4. The lowest BCUT2D eigenvalue weighted by molar-refractivity contribution is -0.120. The normalized spacial score (nSPS) is 10.5. The highest BCUT2D eigenvalue weighted by molar-refractivity contribution is 9.10. The largest absolute Gasteiger partial charge is 0.492 e. The standard InChI is InChI=1S/C16H20BrN3O4/c1-4-23-12-9-10(8-11(17)15(12)22-3)16-19-14(24-20-16)7-5-6-13(21)18-2/h8-9H,4-7H2,1-3H3,(H,18,21). The van der Waals surface area contributed by atoms with Crippen LogP contribution in [0.1, 0.15) is 25.7 Å². The van der Waals surface area contributed by atoms with Gasteiger partial charge in [0.2, 0.25) is 17.6 Å². The van der Waals surface area contributed by atoms with Crippen molar-refractivity contribution in [2.24, 2.45) is 0 Å². The monoisotopic (exact) mass is 397 g/mol. The first kappa shape index (κ1) is 18.3. The van der Waals surface area contributed by atoms with Crippen LogP contribution in [-0.2, 0) is 11.2 Å². The van der Waals surface area contributed by atoms with Crippen molar-refractivity contribution < 1.29 is 18.8 Å². The first-order valence-corrected chi connectivity index (χ1v) is 8.42. The van der Waals surface area contributed by atoms with Crippen molar-refractivity contribution in [2.75, 3.05) is 20.8 Å². The Bertz CT molecular complexity index is 703. The Morgan fingerprint density at radius 1 is 1.42 bits per heavy atom. The highest BCUT2D eigenvalue weighted by Crippen LogP contribution is 2.39. The number of carbonyl (C=O) groups excluding carboxylic acids is 1. The number of aryl methyl sites for hydroxylation is 1. The number of amides is 1. The van der Waals surface area contributed by atoms with Crippen LogP contribution in [0.25, 0.3) is 11.4 Å². The summed E-state index contributed by atoms with van der Waals surface area (Å²) in [6, 6.07) is 3.66. The van der Waals surface area contributed by atoms with Crippen molar-refractivity contribution in [3.63, 3.8) is 0 Å². The number of methoxy groups -OCH3 is 1. The Morgan fingerprint density at radius 3 is 2.88 bits per heavy atom. The van der Waals surface area contributed by atoms with Crippen molar-refractivity contribution in [2.45, 2.75) is 26.2 Å². The quantitative estimate of drug-likeness (QED) is 0.736. The molecule has 0 unspecified atom stereocenters. The number of aromatic nitrogens is 2. The summed E-state index contributed by atoms with van der Waals surface area (Å²) in [5.74, 6) is 2.19. The van der Waals surface area contributed by atoms with Gasteiger partial charge >= 0.3 is 0 Å². The fourth-order valence-corrected chi connectivity index (χ4v) is 2.76. The summed E-state index contributed by atoms with van der Waals surface area (Å²) in [4.78, 5) is 15.6. The van der Waals surface area contributed by atoms with Gasteiger partial charge in [-0.1, -0.05) is 5.16 Å². The van der Waals surface area contributed by atoms with E-state index in [1.165, 1.54) is 0 Å². The molecule has 0 aliphatic heterocycles. The van der Waals surface area contributed by atoms with Gasteiger partial charge in [0.25, 0.3) is 0 Å². The molecule has 1 amide bonds. The van der Waals surface area contributed by atoms with Crippen molar-refractivity contribution in [3.8, 4) is 22.9 Å². The summed E-state index contributed by atoms with van der Waals surface area (Å²) in [5, 5.41) is 6.58. The van der Waals surface area contributed by atoms with Gasteiger partial charge in [-0.3, -0.25) is 4.79 Å². The number of rotatable bonds is 8. The number of benzene rings is 1. The second-order valence-electron chi connectivity index (χ2n) is 4.96. The minimum Gasteiger partial charge on any atom is -0.492 e. The predicted molar refractivity (Wildman–Crippen MR) is 92.2 cm³/mol. The van der Waals surface area contributed by atoms with Crippen LogP contribution in [0.4, 0.5) is 0 Å². The van der Waals surface area contributed by atoms with Crippen LogP contribution in [0, 0.1) is 0 Å². The maximum atomic E-state index is 11.2. The molecule has 1 aromatic heterocycles. The smallest absolute Gasteiger partial charge is 0.226 e. The molecule has 1 aromatic carbocycles. The number of nitrogens with zero attached hydrogens (tertiary/aromatic N) is 2. The third kappa shape index (κ3) is 4.47. The maximum absolute atomic E-state index is 11.2. The van der Waals surface area contributed by atoms with Crippen LogP contribution >= 0.6 is 15.9 Å². The zero-order valence-electron chi connectivity index (χ0n) is 13.9. The molecule has 0 radical (unpaired) electrons. The summed E-state index contributed by atoms with van der Waals surface area (Å²) in [6.45, 7) is 2.42. The molecule has 0 fully saturated rings. The van der Waals surface area contributed by atoms with Crippen LogP contribution in [0.3, 0.4) is 0 Å².